The smallest absolute Gasteiger partial charge is 0.346 e. The van der Waals surface area contributed by atoms with Crippen molar-refractivity contribution in [3.05, 3.63) is 78.8 Å². The molecule has 12 heteroatoms. The highest BCUT2D eigenvalue weighted by Crippen LogP contribution is 2.56. The van der Waals surface area contributed by atoms with Crippen molar-refractivity contribution in [2.24, 2.45) is 0 Å². The van der Waals surface area contributed by atoms with Gasteiger partial charge in [0, 0.05) is 11.1 Å². The maximum absolute atomic E-state index is 14.0. The van der Waals surface area contributed by atoms with Crippen LogP contribution in [-0.4, -0.2) is 65.7 Å². The third-order valence-corrected chi connectivity index (χ3v) is 10.2. The van der Waals surface area contributed by atoms with Crippen molar-refractivity contribution in [1.29, 1.82) is 0 Å². The SMILES string of the molecule is COC(=O)C1=C(C(=O)OC)SC(=C2C(=S)C(C)(C)N(C(=O)CN3C(=O)c4ccccc4C3=O)c3ccc(C)cc32)S1. The second kappa shape index (κ2) is 10.6. The van der Waals surface area contributed by atoms with Crippen molar-refractivity contribution >= 4 is 81.5 Å². The molecule has 3 heterocycles. The first-order valence-electron chi connectivity index (χ1n) is 12.4. The van der Waals surface area contributed by atoms with Crippen molar-refractivity contribution in [1.82, 2.24) is 4.90 Å². The number of carbonyl (C=O) groups is 5. The Balaban J connectivity index is 1.58. The fraction of sp³-hybridized carbons (Fsp3) is 0.241. The van der Waals surface area contributed by atoms with E-state index < -0.39 is 41.7 Å². The van der Waals surface area contributed by atoms with Gasteiger partial charge in [-0.05, 0) is 45.0 Å². The van der Waals surface area contributed by atoms with Gasteiger partial charge in [-0.15, -0.1) is 0 Å². The van der Waals surface area contributed by atoms with Crippen molar-refractivity contribution in [3.8, 4) is 0 Å². The summed E-state index contributed by atoms with van der Waals surface area (Å²) in [6.07, 6.45) is 0. The molecule has 0 N–H and O–H groups in total. The zero-order valence-corrected chi connectivity index (χ0v) is 25.2. The van der Waals surface area contributed by atoms with Crippen LogP contribution in [0.5, 0.6) is 0 Å². The van der Waals surface area contributed by atoms with Crippen LogP contribution in [0.4, 0.5) is 5.69 Å². The zero-order chi connectivity index (χ0) is 29.8. The summed E-state index contributed by atoms with van der Waals surface area (Å²) < 4.78 is 10.4. The lowest BCUT2D eigenvalue weighted by atomic mass is 9.82. The van der Waals surface area contributed by atoms with Crippen molar-refractivity contribution in [3.63, 3.8) is 0 Å². The van der Waals surface area contributed by atoms with Crippen LogP contribution in [0.3, 0.4) is 0 Å². The first-order valence-corrected chi connectivity index (χ1v) is 14.4. The number of hydrogen-bond acceptors (Lipinski definition) is 10. The molecule has 9 nitrogen and oxygen atoms in total. The number of fused-ring (bicyclic) bond motifs is 2. The average Bonchev–Trinajstić information content (AvgIpc) is 3.49. The molecule has 2 aromatic carbocycles. The minimum Gasteiger partial charge on any atom is -0.465 e. The molecule has 5 rings (SSSR count). The number of esters is 2. The number of thiocarbonyl (C=S) groups is 1. The molecule has 0 atom stereocenters. The average molecular weight is 609 g/mol. The van der Waals surface area contributed by atoms with Crippen LogP contribution in [0.25, 0.3) is 5.57 Å². The van der Waals surface area contributed by atoms with Gasteiger partial charge in [0.1, 0.15) is 16.4 Å². The van der Waals surface area contributed by atoms with E-state index in [1.807, 2.05) is 19.1 Å². The van der Waals surface area contributed by atoms with E-state index in [1.54, 1.807) is 44.2 Å². The van der Waals surface area contributed by atoms with Gasteiger partial charge >= 0.3 is 11.9 Å². The first kappa shape index (κ1) is 28.8. The number of amides is 3. The first-order chi connectivity index (χ1) is 19.4. The fourth-order valence-corrected chi connectivity index (χ4v) is 8.00. The predicted octanol–water partition coefficient (Wildman–Crippen LogP) is 4.49. The maximum Gasteiger partial charge on any atom is 0.346 e. The van der Waals surface area contributed by atoms with Crippen molar-refractivity contribution in [2.45, 2.75) is 26.3 Å². The van der Waals surface area contributed by atoms with E-state index in [9.17, 15) is 24.0 Å². The summed E-state index contributed by atoms with van der Waals surface area (Å²) in [6, 6.07) is 12.0. The summed E-state index contributed by atoms with van der Waals surface area (Å²) in [7, 11) is 2.46. The molecule has 210 valence electrons. The van der Waals surface area contributed by atoms with E-state index in [0.717, 1.165) is 34.0 Å². The van der Waals surface area contributed by atoms with E-state index in [1.165, 1.54) is 19.1 Å². The Labute approximate surface area is 249 Å². The van der Waals surface area contributed by atoms with Gasteiger partial charge < -0.3 is 9.47 Å². The predicted molar refractivity (Wildman–Crippen MR) is 160 cm³/mol. The Morgan fingerprint density at radius 3 is 1.93 bits per heavy atom. The molecule has 0 aliphatic carbocycles. The molecule has 0 radical (unpaired) electrons. The van der Waals surface area contributed by atoms with Crippen LogP contribution in [0.2, 0.25) is 0 Å². The second-order valence-corrected chi connectivity index (χ2v) is 12.6. The third kappa shape index (κ3) is 4.59. The van der Waals surface area contributed by atoms with Crippen molar-refractivity contribution in [2.75, 3.05) is 25.7 Å². The molecular formula is C29H24N2O7S3. The van der Waals surface area contributed by atoms with Gasteiger partial charge in [0.05, 0.1) is 45.7 Å². The molecule has 3 amide bonds. The third-order valence-electron chi connectivity index (χ3n) is 6.97. The molecule has 0 fully saturated rings. The van der Waals surface area contributed by atoms with Crippen molar-refractivity contribution < 1.29 is 33.4 Å². The van der Waals surface area contributed by atoms with E-state index in [2.05, 4.69) is 0 Å². The largest absolute Gasteiger partial charge is 0.465 e. The van der Waals surface area contributed by atoms with Gasteiger partial charge in [0.15, 0.2) is 0 Å². The van der Waals surface area contributed by atoms with Gasteiger partial charge in [0.25, 0.3) is 11.8 Å². The van der Waals surface area contributed by atoms with Crippen LogP contribution < -0.4 is 4.90 Å². The number of thioether (sulfide) groups is 2. The number of carbonyl (C=O) groups excluding carboxylic acids is 5. The number of aryl methyl sites for hydroxylation is 1. The highest BCUT2D eigenvalue weighted by Gasteiger charge is 2.47. The standard InChI is InChI=1S/C29H24N2O7S3/c1-14-10-11-18-17(12-14)20(28-40-21(26(35)37-4)22(41-28)27(36)38-5)23(39)29(2,3)31(18)19(32)13-30-24(33)15-8-6-7-9-16(15)25(30)34/h6-12H,13H2,1-5H3. The molecule has 0 saturated carbocycles. The fourth-order valence-electron chi connectivity index (χ4n) is 4.97. The number of ether oxygens (including phenoxy) is 2. The Kier molecular flexibility index (Phi) is 7.43. The number of imide groups is 1. The monoisotopic (exact) mass is 608 g/mol. The van der Waals surface area contributed by atoms with Gasteiger partial charge in [-0.3, -0.25) is 24.2 Å². The van der Waals surface area contributed by atoms with Crippen LogP contribution in [0, 0.1) is 6.92 Å². The van der Waals surface area contributed by atoms with Crippen LogP contribution >= 0.6 is 35.7 Å². The molecule has 0 unspecified atom stereocenters. The van der Waals surface area contributed by atoms with Gasteiger partial charge in [0.2, 0.25) is 5.91 Å². The summed E-state index contributed by atoms with van der Waals surface area (Å²) >= 11 is 8.12. The lowest BCUT2D eigenvalue weighted by Gasteiger charge is -2.45. The second-order valence-electron chi connectivity index (χ2n) is 9.89. The Bertz CT molecular complexity index is 1590. The van der Waals surface area contributed by atoms with Crippen LogP contribution in [-0.2, 0) is 23.9 Å². The summed E-state index contributed by atoms with van der Waals surface area (Å²) in [6.45, 7) is 4.98. The molecule has 0 aromatic heterocycles. The molecule has 2 aromatic rings. The number of nitrogens with zero attached hydrogens (tertiary/aromatic N) is 2. The summed E-state index contributed by atoms with van der Waals surface area (Å²) in [5.74, 6) is -2.91. The van der Waals surface area contributed by atoms with E-state index in [0.29, 0.717) is 25.9 Å². The van der Waals surface area contributed by atoms with Gasteiger partial charge in [-0.25, -0.2) is 9.59 Å². The number of anilines is 1. The Hall–Kier alpha value is -3.74. The zero-order valence-electron chi connectivity index (χ0n) is 22.7. The Morgan fingerprint density at radius 2 is 1.41 bits per heavy atom. The highest BCUT2D eigenvalue weighted by molar-refractivity contribution is 8.29. The number of hydrogen-bond donors (Lipinski definition) is 0. The minimum atomic E-state index is -1.09. The van der Waals surface area contributed by atoms with Crippen LogP contribution in [0.15, 0.2) is 56.5 Å². The molecule has 0 saturated heterocycles. The summed E-state index contributed by atoms with van der Waals surface area (Å²) in [5.41, 5.74) is 2.06. The normalized spacial score (nSPS) is 17.6. The molecular weight excluding hydrogens is 585 g/mol. The quantitative estimate of drug-likeness (QED) is 0.213. The molecule has 0 bridgehead atoms. The van der Waals surface area contributed by atoms with E-state index in [4.69, 9.17) is 21.7 Å². The van der Waals surface area contributed by atoms with Gasteiger partial charge in [-0.2, -0.15) is 0 Å². The molecule has 41 heavy (non-hydrogen) atoms. The number of rotatable bonds is 4. The van der Waals surface area contributed by atoms with Gasteiger partial charge in [-0.1, -0.05) is 59.5 Å². The van der Waals surface area contributed by atoms with E-state index in [-0.39, 0.29) is 20.9 Å². The minimum absolute atomic E-state index is 0.0887. The Morgan fingerprint density at radius 1 is 0.878 bits per heavy atom. The van der Waals surface area contributed by atoms with Crippen LogP contribution in [0.1, 0.15) is 45.7 Å². The molecule has 0 spiro atoms. The summed E-state index contributed by atoms with van der Waals surface area (Å²) in [4.78, 5) is 68.1. The van der Waals surface area contributed by atoms with E-state index >= 15 is 0 Å². The number of methoxy groups -OCH3 is 2. The molecule has 3 aliphatic rings. The lowest BCUT2D eigenvalue weighted by molar-refractivity contribution is -0.138. The maximum atomic E-state index is 14.0. The molecule has 3 aliphatic heterocycles. The lowest BCUT2D eigenvalue weighted by Crippen LogP contribution is -2.58. The highest BCUT2D eigenvalue weighted by atomic mass is 32.2. The number of benzene rings is 2. The topological polar surface area (TPSA) is 110 Å². The summed E-state index contributed by atoms with van der Waals surface area (Å²) in [5, 5.41) is 0.